The van der Waals surface area contributed by atoms with Crippen molar-refractivity contribution in [2.75, 3.05) is 37.0 Å². The second-order valence-electron chi connectivity index (χ2n) is 5.89. The fraction of sp³-hybridized carbons (Fsp3) is 0.467. The third-order valence-corrected chi connectivity index (χ3v) is 3.81. The van der Waals surface area contributed by atoms with Gasteiger partial charge in [0, 0.05) is 45.2 Å². The predicted octanol–water partition coefficient (Wildman–Crippen LogP) is 0.544. The molecule has 0 atom stereocenters. The van der Waals surface area contributed by atoms with Gasteiger partial charge in [-0.25, -0.2) is 14.6 Å². The summed E-state index contributed by atoms with van der Waals surface area (Å²) in [7, 11) is 3.92. The molecule has 1 saturated heterocycles. The van der Waals surface area contributed by atoms with Gasteiger partial charge in [-0.2, -0.15) is 5.10 Å². The van der Waals surface area contributed by atoms with Crippen LogP contribution in [0.2, 0.25) is 0 Å². The van der Waals surface area contributed by atoms with E-state index in [1.165, 1.54) is 0 Å². The predicted molar refractivity (Wildman–Crippen MR) is 85.3 cm³/mol. The number of anilines is 2. The molecular formula is C15H20N6O. The smallest absolute Gasteiger partial charge is 0.266 e. The standard InChI is InChI=1S/C15H20N6O/c1-11-4-5-15(22)21(18-11)9-12-7-20(8-12)14-6-13(19(2)3)16-10-17-14/h4-6,10,12H,7-9H2,1-3H3. The minimum atomic E-state index is -0.0408. The van der Waals surface area contributed by atoms with E-state index in [4.69, 9.17) is 0 Å². The van der Waals surface area contributed by atoms with Crippen LogP contribution in [0.25, 0.3) is 0 Å². The number of nitrogens with zero attached hydrogens (tertiary/aromatic N) is 6. The molecule has 3 heterocycles. The van der Waals surface area contributed by atoms with E-state index in [0.29, 0.717) is 12.5 Å². The Kier molecular flexibility index (Phi) is 3.79. The Morgan fingerprint density at radius 1 is 1.27 bits per heavy atom. The van der Waals surface area contributed by atoms with Crippen molar-refractivity contribution < 1.29 is 0 Å². The van der Waals surface area contributed by atoms with E-state index in [0.717, 1.165) is 30.4 Å². The molecule has 0 aromatic carbocycles. The van der Waals surface area contributed by atoms with E-state index in [1.807, 2.05) is 32.0 Å². The number of hydrogen-bond donors (Lipinski definition) is 0. The molecule has 2 aromatic rings. The van der Waals surface area contributed by atoms with Gasteiger partial charge in [0.25, 0.3) is 5.56 Å². The van der Waals surface area contributed by atoms with Crippen LogP contribution >= 0.6 is 0 Å². The number of rotatable bonds is 4. The van der Waals surface area contributed by atoms with Gasteiger partial charge in [0.15, 0.2) is 0 Å². The van der Waals surface area contributed by atoms with E-state index in [2.05, 4.69) is 20.0 Å². The summed E-state index contributed by atoms with van der Waals surface area (Å²) in [4.78, 5) is 24.5. The first-order valence-corrected chi connectivity index (χ1v) is 7.32. The van der Waals surface area contributed by atoms with Crippen LogP contribution in [0.3, 0.4) is 0 Å². The Labute approximate surface area is 129 Å². The fourth-order valence-corrected chi connectivity index (χ4v) is 2.55. The maximum Gasteiger partial charge on any atom is 0.266 e. The Morgan fingerprint density at radius 3 is 2.77 bits per heavy atom. The Morgan fingerprint density at radius 2 is 2.05 bits per heavy atom. The lowest BCUT2D eigenvalue weighted by Crippen LogP contribution is -2.50. The van der Waals surface area contributed by atoms with Gasteiger partial charge in [0.1, 0.15) is 18.0 Å². The van der Waals surface area contributed by atoms with Gasteiger partial charge in [0.2, 0.25) is 0 Å². The quantitative estimate of drug-likeness (QED) is 0.821. The minimum Gasteiger partial charge on any atom is -0.363 e. The molecule has 0 saturated carbocycles. The summed E-state index contributed by atoms with van der Waals surface area (Å²) in [5.74, 6) is 2.24. The zero-order valence-corrected chi connectivity index (χ0v) is 13.1. The van der Waals surface area contributed by atoms with E-state index in [-0.39, 0.29) is 5.56 Å². The molecule has 0 amide bonds. The summed E-state index contributed by atoms with van der Waals surface area (Å²) in [5, 5.41) is 4.28. The largest absolute Gasteiger partial charge is 0.363 e. The Hall–Kier alpha value is -2.44. The van der Waals surface area contributed by atoms with Gasteiger partial charge < -0.3 is 9.80 Å². The molecule has 0 aliphatic carbocycles. The highest BCUT2D eigenvalue weighted by Gasteiger charge is 2.28. The maximum absolute atomic E-state index is 11.8. The van der Waals surface area contributed by atoms with E-state index in [9.17, 15) is 4.79 Å². The van der Waals surface area contributed by atoms with Crippen LogP contribution in [0.4, 0.5) is 11.6 Å². The highest BCUT2D eigenvalue weighted by Crippen LogP contribution is 2.25. The average molecular weight is 300 g/mol. The van der Waals surface area contributed by atoms with Crippen molar-refractivity contribution in [1.82, 2.24) is 19.7 Å². The van der Waals surface area contributed by atoms with Gasteiger partial charge in [-0.05, 0) is 13.0 Å². The van der Waals surface area contributed by atoms with Crippen LogP contribution in [-0.2, 0) is 6.54 Å². The molecule has 116 valence electrons. The lowest BCUT2D eigenvalue weighted by Gasteiger charge is -2.40. The topological polar surface area (TPSA) is 67.2 Å². The summed E-state index contributed by atoms with van der Waals surface area (Å²) in [6, 6.07) is 5.30. The van der Waals surface area contributed by atoms with Crippen molar-refractivity contribution in [2.45, 2.75) is 13.5 Å². The second-order valence-corrected chi connectivity index (χ2v) is 5.89. The van der Waals surface area contributed by atoms with Crippen LogP contribution < -0.4 is 15.4 Å². The van der Waals surface area contributed by atoms with Crippen molar-refractivity contribution >= 4 is 11.6 Å². The molecule has 0 radical (unpaired) electrons. The normalized spacial score (nSPS) is 14.8. The maximum atomic E-state index is 11.8. The van der Waals surface area contributed by atoms with Crippen molar-refractivity contribution in [3.8, 4) is 0 Å². The van der Waals surface area contributed by atoms with Gasteiger partial charge in [-0.3, -0.25) is 4.79 Å². The van der Waals surface area contributed by atoms with E-state index >= 15 is 0 Å². The minimum absolute atomic E-state index is 0.0408. The summed E-state index contributed by atoms with van der Waals surface area (Å²) in [5.41, 5.74) is 0.822. The number of hydrogen-bond acceptors (Lipinski definition) is 6. The van der Waals surface area contributed by atoms with Gasteiger partial charge in [0.05, 0.1) is 12.2 Å². The van der Waals surface area contributed by atoms with Crippen LogP contribution in [0, 0.1) is 12.8 Å². The first-order chi connectivity index (χ1) is 10.5. The molecule has 0 N–H and O–H groups in total. The van der Waals surface area contributed by atoms with Crippen molar-refractivity contribution in [2.24, 2.45) is 5.92 Å². The lowest BCUT2D eigenvalue weighted by molar-refractivity contribution is 0.332. The molecule has 1 aliphatic rings. The summed E-state index contributed by atoms with van der Waals surface area (Å²) in [6.45, 7) is 4.31. The summed E-state index contributed by atoms with van der Waals surface area (Å²) >= 11 is 0. The van der Waals surface area contributed by atoms with Crippen LogP contribution in [0.5, 0.6) is 0 Å². The van der Waals surface area contributed by atoms with Gasteiger partial charge in [-0.15, -0.1) is 0 Å². The van der Waals surface area contributed by atoms with Gasteiger partial charge >= 0.3 is 0 Å². The van der Waals surface area contributed by atoms with Crippen molar-refractivity contribution in [3.63, 3.8) is 0 Å². The van der Waals surface area contributed by atoms with E-state index in [1.54, 1.807) is 23.1 Å². The third-order valence-electron chi connectivity index (χ3n) is 3.81. The zero-order chi connectivity index (χ0) is 15.7. The van der Waals surface area contributed by atoms with Crippen molar-refractivity contribution in [3.05, 3.63) is 40.6 Å². The summed E-state index contributed by atoms with van der Waals surface area (Å²) in [6.07, 6.45) is 1.59. The van der Waals surface area contributed by atoms with Crippen LogP contribution in [-0.4, -0.2) is 46.9 Å². The molecule has 2 aromatic heterocycles. The second kappa shape index (κ2) is 5.75. The lowest BCUT2D eigenvalue weighted by atomic mass is 10.0. The molecule has 7 heteroatoms. The highest BCUT2D eigenvalue weighted by molar-refractivity contribution is 5.50. The monoisotopic (exact) mass is 300 g/mol. The molecule has 1 fully saturated rings. The fourth-order valence-electron chi connectivity index (χ4n) is 2.55. The van der Waals surface area contributed by atoms with Crippen LogP contribution in [0.1, 0.15) is 5.69 Å². The zero-order valence-electron chi connectivity index (χ0n) is 13.1. The van der Waals surface area contributed by atoms with Crippen LogP contribution in [0.15, 0.2) is 29.3 Å². The average Bonchev–Trinajstić information content (AvgIpc) is 2.46. The number of aromatic nitrogens is 4. The molecule has 0 unspecified atom stereocenters. The number of aryl methyl sites for hydroxylation is 1. The molecular weight excluding hydrogens is 280 g/mol. The molecule has 22 heavy (non-hydrogen) atoms. The van der Waals surface area contributed by atoms with Crippen molar-refractivity contribution in [1.29, 1.82) is 0 Å². The van der Waals surface area contributed by atoms with E-state index < -0.39 is 0 Å². The molecule has 0 bridgehead atoms. The highest BCUT2D eigenvalue weighted by atomic mass is 16.1. The molecule has 1 aliphatic heterocycles. The first-order valence-electron chi connectivity index (χ1n) is 7.32. The Balaban J connectivity index is 1.63. The molecule has 3 rings (SSSR count). The Bertz CT molecular complexity index is 720. The molecule has 7 nitrogen and oxygen atoms in total. The first kappa shape index (κ1) is 14.5. The van der Waals surface area contributed by atoms with Gasteiger partial charge in [-0.1, -0.05) is 0 Å². The third kappa shape index (κ3) is 2.93. The summed E-state index contributed by atoms with van der Waals surface area (Å²) < 4.78 is 1.56. The SMILES string of the molecule is Cc1ccc(=O)n(CC2CN(c3cc(N(C)C)ncn3)C2)n1. The molecule has 0 spiro atoms.